The molecule has 2 aromatic heterocycles. The maximum atomic E-state index is 12.3. The summed E-state index contributed by atoms with van der Waals surface area (Å²) < 4.78 is 6.97. The van der Waals surface area contributed by atoms with Crippen molar-refractivity contribution in [2.75, 3.05) is 24.4 Å². The minimum Gasteiger partial charge on any atom is -0.452 e. The Kier molecular flexibility index (Phi) is 6.22. The number of hydrogen-bond donors (Lipinski definition) is 2. The number of methoxy groups -OCH3 is 1. The summed E-state index contributed by atoms with van der Waals surface area (Å²) in [7, 11) is 2.93. The van der Waals surface area contributed by atoms with E-state index < -0.39 is 6.09 Å². The molecule has 3 aromatic rings. The second-order valence-corrected chi connectivity index (χ2v) is 7.19. The maximum Gasteiger partial charge on any atom is 0.413 e. The summed E-state index contributed by atoms with van der Waals surface area (Å²) in [5.74, 6) is 0.581. The molecule has 0 aliphatic rings. The van der Waals surface area contributed by atoms with Crippen LogP contribution in [0.2, 0.25) is 0 Å². The highest BCUT2D eigenvalue weighted by molar-refractivity contribution is 7.71. The zero-order valence-corrected chi connectivity index (χ0v) is 17.0. The quantitative estimate of drug-likeness (QED) is 0.594. The molecule has 0 spiro atoms. The van der Waals surface area contributed by atoms with Crippen molar-refractivity contribution >= 4 is 46.9 Å². The molecule has 0 radical (unpaired) electrons. The van der Waals surface area contributed by atoms with Crippen molar-refractivity contribution in [2.24, 2.45) is 0 Å². The van der Waals surface area contributed by atoms with Gasteiger partial charge >= 0.3 is 6.09 Å². The van der Waals surface area contributed by atoms with Gasteiger partial charge in [-0.3, -0.25) is 19.4 Å². The Morgan fingerprint density at radius 3 is 2.71 bits per heavy atom. The van der Waals surface area contributed by atoms with Gasteiger partial charge in [-0.25, -0.2) is 4.79 Å². The summed E-state index contributed by atoms with van der Waals surface area (Å²) in [5, 5.41) is 11.8. The maximum absolute atomic E-state index is 12.3. The number of ether oxygens (including phenoxy) is 1. The summed E-state index contributed by atoms with van der Waals surface area (Å²) >= 11 is 6.83. The van der Waals surface area contributed by atoms with E-state index in [1.165, 1.54) is 12.0 Å². The summed E-state index contributed by atoms with van der Waals surface area (Å²) in [6.45, 7) is 0.414. The molecule has 8 nitrogen and oxygen atoms in total. The number of anilines is 2. The first-order valence-corrected chi connectivity index (χ1v) is 9.69. The topological polar surface area (TPSA) is 92.2 Å². The molecule has 28 heavy (non-hydrogen) atoms. The minimum atomic E-state index is -0.463. The van der Waals surface area contributed by atoms with Crippen LogP contribution >= 0.6 is 23.6 Å². The smallest absolute Gasteiger partial charge is 0.413 e. The minimum absolute atomic E-state index is 0.144. The average molecular weight is 418 g/mol. The Hall–Kier alpha value is -2.98. The van der Waals surface area contributed by atoms with Gasteiger partial charge in [0.2, 0.25) is 5.91 Å². The molecule has 2 heterocycles. The van der Waals surface area contributed by atoms with Crippen LogP contribution in [-0.2, 0) is 16.1 Å². The highest BCUT2D eigenvalue weighted by Gasteiger charge is 2.13. The van der Waals surface area contributed by atoms with E-state index in [4.69, 9.17) is 12.2 Å². The first-order valence-electron chi connectivity index (χ1n) is 8.40. The number of aromatic amines is 1. The fourth-order valence-electron chi connectivity index (χ4n) is 2.57. The zero-order valence-electron chi connectivity index (χ0n) is 15.3. The third kappa shape index (κ3) is 4.46. The van der Waals surface area contributed by atoms with Crippen LogP contribution in [0.5, 0.6) is 0 Å². The molecule has 1 aromatic carbocycles. The highest BCUT2D eigenvalue weighted by atomic mass is 32.1. The standard InChI is InChI=1S/C18H19N5O3S2/c1-22(18(25)26-2)13-7-5-12(6-8-13)19-15(24)9-10-23-16(20-21-17(23)27)14-4-3-11-28-14/h3-8,11H,9-10H2,1-2H3,(H,19,24)(H,21,27). The fourth-order valence-corrected chi connectivity index (χ4v) is 3.51. The molecule has 0 aliphatic heterocycles. The Balaban J connectivity index is 1.61. The van der Waals surface area contributed by atoms with E-state index in [1.54, 1.807) is 42.6 Å². The lowest BCUT2D eigenvalue weighted by Crippen LogP contribution is -2.25. The van der Waals surface area contributed by atoms with Crippen molar-refractivity contribution in [3.63, 3.8) is 0 Å². The lowest BCUT2D eigenvalue weighted by molar-refractivity contribution is -0.116. The van der Waals surface area contributed by atoms with Crippen molar-refractivity contribution < 1.29 is 14.3 Å². The molecule has 0 saturated heterocycles. The SMILES string of the molecule is COC(=O)N(C)c1ccc(NC(=O)CCn2c(-c3cccs3)n[nH]c2=S)cc1. The molecule has 146 valence electrons. The van der Waals surface area contributed by atoms with E-state index in [9.17, 15) is 9.59 Å². The number of rotatable bonds is 6. The predicted octanol–water partition coefficient (Wildman–Crippen LogP) is 3.90. The lowest BCUT2D eigenvalue weighted by atomic mass is 10.2. The number of carbonyl (C=O) groups is 2. The van der Waals surface area contributed by atoms with E-state index in [0.717, 1.165) is 10.7 Å². The van der Waals surface area contributed by atoms with Crippen LogP contribution in [0.3, 0.4) is 0 Å². The number of nitrogens with one attached hydrogen (secondary N) is 2. The number of hydrogen-bond acceptors (Lipinski definition) is 6. The third-order valence-electron chi connectivity index (χ3n) is 4.05. The van der Waals surface area contributed by atoms with Crippen molar-refractivity contribution in [3.8, 4) is 10.7 Å². The summed E-state index contributed by atoms with van der Waals surface area (Å²) in [6.07, 6.45) is -0.217. The predicted molar refractivity (Wildman–Crippen MR) is 111 cm³/mol. The number of H-pyrrole nitrogens is 1. The number of nitrogens with zero attached hydrogens (tertiary/aromatic N) is 3. The Morgan fingerprint density at radius 1 is 1.32 bits per heavy atom. The molecule has 0 saturated carbocycles. The van der Waals surface area contributed by atoms with E-state index >= 15 is 0 Å². The second-order valence-electron chi connectivity index (χ2n) is 5.86. The molecular weight excluding hydrogens is 398 g/mol. The lowest BCUT2D eigenvalue weighted by Gasteiger charge is -2.16. The summed E-state index contributed by atoms with van der Waals surface area (Å²) in [5.41, 5.74) is 1.30. The van der Waals surface area contributed by atoms with Gasteiger partial charge in [0.25, 0.3) is 0 Å². The number of aromatic nitrogens is 3. The molecule has 0 aliphatic carbocycles. The average Bonchev–Trinajstić information content (AvgIpc) is 3.35. The Morgan fingerprint density at radius 2 is 2.07 bits per heavy atom. The van der Waals surface area contributed by atoms with Crippen molar-refractivity contribution in [1.29, 1.82) is 0 Å². The third-order valence-corrected chi connectivity index (χ3v) is 5.23. The molecule has 0 fully saturated rings. The molecule has 10 heteroatoms. The molecule has 3 rings (SSSR count). The van der Waals surface area contributed by atoms with Crippen molar-refractivity contribution in [2.45, 2.75) is 13.0 Å². The van der Waals surface area contributed by atoms with Gasteiger partial charge in [0.05, 0.1) is 12.0 Å². The largest absolute Gasteiger partial charge is 0.452 e. The second kappa shape index (κ2) is 8.81. The fraction of sp³-hybridized carbons (Fsp3) is 0.222. The molecule has 2 amide bonds. The monoisotopic (exact) mass is 417 g/mol. The highest BCUT2D eigenvalue weighted by Crippen LogP contribution is 2.23. The van der Waals surface area contributed by atoms with Gasteiger partial charge in [0.1, 0.15) is 0 Å². The van der Waals surface area contributed by atoms with Crippen LogP contribution in [0.15, 0.2) is 41.8 Å². The van der Waals surface area contributed by atoms with Crippen LogP contribution in [0.4, 0.5) is 16.2 Å². The van der Waals surface area contributed by atoms with E-state index in [-0.39, 0.29) is 12.3 Å². The molecule has 2 N–H and O–H groups in total. The first-order chi connectivity index (χ1) is 13.5. The summed E-state index contributed by atoms with van der Waals surface area (Å²) in [6, 6.07) is 10.8. The normalized spacial score (nSPS) is 10.5. The van der Waals surface area contributed by atoms with Crippen molar-refractivity contribution in [1.82, 2.24) is 14.8 Å². The van der Waals surface area contributed by atoms with Crippen molar-refractivity contribution in [3.05, 3.63) is 46.5 Å². The van der Waals surface area contributed by atoms with Gasteiger partial charge in [-0.15, -0.1) is 11.3 Å². The molecule has 0 atom stereocenters. The number of amides is 2. The molecular formula is C18H19N5O3S2. The van der Waals surface area contributed by atoms with Crippen LogP contribution in [-0.4, -0.2) is 40.9 Å². The van der Waals surface area contributed by atoms with E-state index in [1.807, 2.05) is 22.1 Å². The Labute approximate surface area is 170 Å². The van der Waals surface area contributed by atoms with E-state index in [0.29, 0.717) is 22.7 Å². The van der Waals surface area contributed by atoms with Gasteiger partial charge in [0.15, 0.2) is 10.6 Å². The van der Waals surface area contributed by atoms with E-state index in [2.05, 4.69) is 20.3 Å². The van der Waals surface area contributed by atoms with Crippen LogP contribution in [0.1, 0.15) is 6.42 Å². The molecule has 0 bridgehead atoms. The summed E-state index contributed by atoms with van der Waals surface area (Å²) in [4.78, 5) is 26.2. The van der Waals surface area contributed by atoms with Crippen LogP contribution in [0, 0.1) is 4.77 Å². The van der Waals surface area contributed by atoms with Crippen LogP contribution < -0.4 is 10.2 Å². The van der Waals surface area contributed by atoms with Gasteiger partial charge in [0, 0.05) is 31.4 Å². The number of carbonyl (C=O) groups excluding carboxylic acids is 2. The molecule has 0 unspecified atom stereocenters. The zero-order chi connectivity index (χ0) is 20.1. The Bertz CT molecular complexity index is 1010. The number of thiophene rings is 1. The number of benzene rings is 1. The first kappa shape index (κ1) is 19.8. The van der Waals surface area contributed by atoms with Crippen LogP contribution in [0.25, 0.3) is 10.7 Å². The van der Waals surface area contributed by atoms with Gasteiger partial charge in [-0.2, -0.15) is 5.10 Å². The van der Waals surface area contributed by atoms with Gasteiger partial charge in [-0.05, 0) is 47.9 Å². The van der Waals surface area contributed by atoms with Gasteiger partial charge in [-0.1, -0.05) is 6.07 Å². The van der Waals surface area contributed by atoms with Gasteiger partial charge < -0.3 is 10.1 Å².